The number of ether oxygens (including phenoxy) is 1. The van der Waals surface area contributed by atoms with Gasteiger partial charge in [0.25, 0.3) is 0 Å². The molecule has 1 aromatic carbocycles. The van der Waals surface area contributed by atoms with E-state index in [4.69, 9.17) is 10.5 Å². The number of fused-ring (bicyclic) bond motifs is 3. The fourth-order valence-corrected chi connectivity index (χ4v) is 4.24. The van der Waals surface area contributed by atoms with Crippen LogP contribution < -0.4 is 10.5 Å². The Morgan fingerprint density at radius 3 is 2.87 bits per heavy atom. The largest absolute Gasteiger partial charge is 0.435 e. The molecular formula is C17H16FN3OS. The third kappa shape index (κ3) is 2.63. The van der Waals surface area contributed by atoms with Crippen LogP contribution in [0.15, 0.2) is 24.5 Å². The SMILES string of the molecule is Nc1ccc(Oc2ncnc3sc4c(c23)CCCCC4)c(F)c1. The second-order valence-corrected chi connectivity index (χ2v) is 6.80. The van der Waals surface area contributed by atoms with Crippen LogP contribution in [0.5, 0.6) is 11.6 Å². The van der Waals surface area contributed by atoms with Crippen molar-refractivity contribution in [2.45, 2.75) is 32.1 Å². The van der Waals surface area contributed by atoms with Crippen LogP contribution in [-0.4, -0.2) is 9.97 Å². The second kappa shape index (κ2) is 5.77. The number of aryl methyl sites for hydroxylation is 2. The van der Waals surface area contributed by atoms with E-state index in [1.165, 1.54) is 41.7 Å². The maximum atomic E-state index is 14.0. The highest BCUT2D eigenvalue weighted by atomic mass is 32.1. The predicted octanol–water partition coefficient (Wildman–Crippen LogP) is 4.47. The second-order valence-electron chi connectivity index (χ2n) is 5.72. The monoisotopic (exact) mass is 329 g/mol. The van der Waals surface area contributed by atoms with Crippen molar-refractivity contribution in [1.82, 2.24) is 9.97 Å². The van der Waals surface area contributed by atoms with Crippen molar-refractivity contribution >= 4 is 27.2 Å². The van der Waals surface area contributed by atoms with Crippen molar-refractivity contribution in [2.75, 3.05) is 5.73 Å². The van der Waals surface area contributed by atoms with Crippen LogP contribution in [0, 0.1) is 5.82 Å². The van der Waals surface area contributed by atoms with E-state index in [1.807, 2.05) is 0 Å². The first kappa shape index (κ1) is 14.4. The van der Waals surface area contributed by atoms with Gasteiger partial charge in [-0.2, -0.15) is 0 Å². The molecule has 118 valence electrons. The molecule has 3 aromatic rings. The van der Waals surface area contributed by atoms with Crippen LogP contribution in [0.3, 0.4) is 0 Å². The Balaban J connectivity index is 1.82. The maximum Gasteiger partial charge on any atom is 0.231 e. The van der Waals surface area contributed by atoms with Gasteiger partial charge in [0.2, 0.25) is 5.88 Å². The molecule has 0 bridgehead atoms. The average molecular weight is 329 g/mol. The lowest BCUT2D eigenvalue weighted by atomic mass is 10.1. The summed E-state index contributed by atoms with van der Waals surface area (Å²) in [7, 11) is 0. The molecule has 1 aliphatic carbocycles. The van der Waals surface area contributed by atoms with Crippen molar-refractivity contribution in [3.63, 3.8) is 0 Å². The number of hydrogen-bond donors (Lipinski definition) is 1. The summed E-state index contributed by atoms with van der Waals surface area (Å²) in [6.45, 7) is 0. The van der Waals surface area contributed by atoms with Gasteiger partial charge in [-0.1, -0.05) is 6.42 Å². The zero-order valence-electron chi connectivity index (χ0n) is 12.5. The summed E-state index contributed by atoms with van der Waals surface area (Å²) in [4.78, 5) is 10.9. The molecule has 23 heavy (non-hydrogen) atoms. The van der Waals surface area contributed by atoms with Gasteiger partial charge in [0.05, 0.1) is 5.39 Å². The number of rotatable bonds is 2. The van der Waals surface area contributed by atoms with E-state index in [9.17, 15) is 4.39 Å². The van der Waals surface area contributed by atoms with Gasteiger partial charge in [0, 0.05) is 16.6 Å². The molecule has 0 amide bonds. The molecule has 2 N–H and O–H groups in total. The Labute approximate surface area is 137 Å². The number of thiophene rings is 1. The number of nitrogens with two attached hydrogens (primary N) is 1. The summed E-state index contributed by atoms with van der Waals surface area (Å²) < 4.78 is 19.8. The highest BCUT2D eigenvalue weighted by Crippen LogP contribution is 2.40. The zero-order valence-corrected chi connectivity index (χ0v) is 13.3. The van der Waals surface area contributed by atoms with Crippen molar-refractivity contribution in [3.05, 3.63) is 40.8 Å². The maximum absolute atomic E-state index is 14.0. The average Bonchev–Trinajstić information content (AvgIpc) is 2.73. The van der Waals surface area contributed by atoms with Gasteiger partial charge in [0.1, 0.15) is 11.2 Å². The van der Waals surface area contributed by atoms with Gasteiger partial charge >= 0.3 is 0 Å². The molecule has 0 spiro atoms. The standard InChI is InChI=1S/C17H16FN3OS/c18-12-8-10(19)6-7-13(12)22-16-15-11-4-2-1-3-5-14(11)23-17(15)21-9-20-16/h6-9H,1-5,19H2. The molecule has 6 heteroatoms. The number of hydrogen-bond acceptors (Lipinski definition) is 5. The van der Waals surface area contributed by atoms with Crippen molar-refractivity contribution in [1.29, 1.82) is 0 Å². The highest BCUT2D eigenvalue weighted by molar-refractivity contribution is 7.18. The quantitative estimate of drug-likeness (QED) is 0.556. The van der Waals surface area contributed by atoms with Crippen LogP contribution >= 0.6 is 11.3 Å². The summed E-state index contributed by atoms with van der Waals surface area (Å²) >= 11 is 1.70. The highest BCUT2D eigenvalue weighted by Gasteiger charge is 2.20. The smallest absolute Gasteiger partial charge is 0.231 e. The molecule has 0 aliphatic heterocycles. The molecule has 0 saturated carbocycles. The minimum Gasteiger partial charge on any atom is -0.435 e. The van der Waals surface area contributed by atoms with Gasteiger partial charge < -0.3 is 10.5 Å². The molecule has 4 rings (SSSR count). The van der Waals surface area contributed by atoms with Crippen LogP contribution in [0.1, 0.15) is 29.7 Å². The lowest BCUT2D eigenvalue weighted by Crippen LogP contribution is -1.95. The van der Waals surface area contributed by atoms with E-state index in [1.54, 1.807) is 17.4 Å². The molecule has 0 radical (unpaired) electrons. The fourth-order valence-electron chi connectivity index (χ4n) is 3.02. The summed E-state index contributed by atoms with van der Waals surface area (Å²) in [5, 5.41) is 0.936. The Morgan fingerprint density at radius 1 is 1.13 bits per heavy atom. The minimum absolute atomic E-state index is 0.132. The van der Waals surface area contributed by atoms with Crippen molar-refractivity contribution < 1.29 is 9.13 Å². The van der Waals surface area contributed by atoms with E-state index in [0.29, 0.717) is 11.6 Å². The lowest BCUT2D eigenvalue weighted by Gasteiger charge is -2.08. The number of halogens is 1. The molecule has 2 heterocycles. The van der Waals surface area contributed by atoms with Crippen LogP contribution in [0.25, 0.3) is 10.2 Å². The normalized spacial score (nSPS) is 14.5. The third-order valence-corrected chi connectivity index (χ3v) is 5.33. The van der Waals surface area contributed by atoms with Gasteiger partial charge in [-0.15, -0.1) is 11.3 Å². The molecule has 0 fully saturated rings. The van der Waals surface area contributed by atoms with E-state index in [0.717, 1.165) is 29.5 Å². The van der Waals surface area contributed by atoms with E-state index in [-0.39, 0.29) is 5.75 Å². The van der Waals surface area contributed by atoms with Gasteiger partial charge in [0.15, 0.2) is 11.6 Å². The predicted molar refractivity (Wildman–Crippen MR) is 89.6 cm³/mol. The third-order valence-electron chi connectivity index (χ3n) is 4.13. The Kier molecular flexibility index (Phi) is 3.61. The Hall–Kier alpha value is -2.21. The first-order chi connectivity index (χ1) is 11.2. The number of aromatic nitrogens is 2. The summed E-state index contributed by atoms with van der Waals surface area (Å²) in [6.07, 6.45) is 7.15. The van der Waals surface area contributed by atoms with Crippen LogP contribution in [0.4, 0.5) is 10.1 Å². The number of anilines is 1. The Bertz CT molecular complexity index is 878. The molecule has 2 aromatic heterocycles. The summed E-state index contributed by atoms with van der Waals surface area (Å²) in [5.41, 5.74) is 7.22. The fraction of sp³-hybridized carbons (Fsp3) is 0.294. The topological polar surface area (TPSA) is 61.0 Å². The molecule has 0 saturated heterocycles. The van der Waals surface area contributed by atoms with E-state index >= 15 is 0 Å². The zero-order chi connectivity index (χ0) is 15.8. The summed E-state index contributed by atoms with van der Waals surface area (Å²) in [5.74, 6) is 0.0731. The van der Waals surface area contributed by atoms with E-state index < -0.39 is 5.82 Å². The summed E-state index contributed by atoms with van der Waals surface area (Å²) in [6, 6.07) is 4.40. The van der Waals surface area contributed by atoms with Crippen molar-refractivity contribution in [2.24, 2.45) is 0 Å². The first-order valence-corrected chi connectivity index (χ1v) is 8.52. The number of nitrogen functional groups attached to an aromatic ring is 1. The molecule has 1 aliphatic rings. The number of nitrogens with zero attached hydrogens (tertiary/aromatic N) is 2. The molecule has 0 unspecified atom stereocenters. The first-order valence-electron chi connectivity index (χ1n) is 7.70. The van der Waals surface area contributed by atoms with Crippen molar-refractivity contribution in [3.8, 4) is 11.6 Å². The minimum atomic E-state index is -0.488. The molecule has 0 atom stereocenters. The van der Waals surface area contributed by atoms with E-state index in [2.05, 4.69) is 9.97 Å². The lowest BCUT2D eigenvalue weighted by molar-refractivity contribution is 0.431. The molecular weight excluding hydrogens is 313 g/mol. The van der Waals surface area contributed by atoms with Crippen LogP contribution in [-0.2, 0) is 12.8 Å². The van der Waals surface area contributed by atoms with Gasteiger partial charge in [-0.25, -0.2) is 14.4 Å². The van der Waals surface area contributed by atoms with Crippen LogP contribution in [0.2, 0.25) is 0 Å². The van der Waals surface area contributed by atoms with Gasteiger partial charge in [-0.3, -0.25) is 0 Å². The molecule has 4 nitrogen and oxygen atoms in total. The Morgan fingerprint density at radius 2 is 2.00 bits per heavy atom. The van der Waals surface area contributed by atoms with Gasteiger partial charge in [-0.05, 0) is 43.4 Å². The number of benzene rings is 1.